The van der Waals surface area contributed by atoms with Crippen LogP contribution in [0, 0.1) is 0 Å². The molecule has 5 heteroatoms. The second kappa shape index (κ2) is 5.04. The lowest BCUT2D eigenvalue weighted by atomic mass is 10.4. The summed E-state index contributed by atoms with van der Waals surface area (Å²) in [4.78, 5) is 0.137. The average Bonchev–Trinajstić information content (AvgIpc) is 2.18. The fourth-order valence-corrected chi connectivity index (χ4v) is 2.33. The van der Waals surface area contributed by atoms with Crippen molar-refractivity contribution >= 4 is 9.84 Å². The third-order valence-corrected chi connectivity index (χ3v) is 3.44. The Morgan fingerprint density at radius 3 is 2.47 bits per heavy atom. The van der Waals surface area contributed by atoms with E-state index in [-0.39, 0.29) is 11.4 Å². The summed E-state index contributed by atoms with van der Waals surface area (Å²) in [5.74, 6) is -1.25. The number of rotatable bonds is 4. The Morgan fingerprint density at radius 1 is 1.33 bits per heavy atom. The highest BCUT2D eigenvalue weighted by Gasteiger charge is 2.16. The highest BCUT2D eigenvalue weighted by atomic mass is 32.2. The van der Waals surface area contributed by atoms with Crippen LogP contribution in [0.2, 0.25) is 0 Å². The molecule has 0 bridgehead atoms. The van der Waals surface area contributed by atoms with Gasteiger partial charge in [-0.2, -0.15) is 0 Å². The smallest absolute Gasteiger partial charge is 0.184 e. The van der Waals surface area contributed by atoms with Crippen molar-refractivity contribution in [3.63, 3.8) is 0 Å². The molecule has 82 valence electrons. The molecule has 15 heavy (non-hydrogen) atoms. The first-order chi connectivity index (χ1) is 7.06. The molecule has 0 amide bonds. The van der Waals surface area contributed by atoms with Crippen molar-refractivity contribution in [2.45, 2.75) is 4.90 Å². The molecule has 3 nitrogen and oxygen atoms in total. The van der Waals surface area contributed by atoms with Crippen molar-refractivity contribution in [3.05, 3.63) is 42.2 Å². The van der Waals surface area contributed by atoms with Crippen LogP contribution in [0.1, 0.15) is 0 Å². The minimum absolute atomic E-state index is 0.137. The minimum Gasteiger partial charge on any atom is -0.354 e. The van der Waals surface area contributed by atoms with E-state index in [1.807, 2.05) is 0 Å². The predicted octanol–water partition coefficient (Wildman–Crippen LogP) is 0.556. The summed E-state index contributed by atoms with van der Waals surface area (Å²) < 4.78 is 36.3. The molecule has 0 aliphatic rings. The molecule has 1 aromatic rings. The number of halogens is 1. The van der Waals surface area contributed by atoms with Crippen LogP contribution in [-0.2, 0) is 9.84 Å². The van der Waals surface area contributed by atoms with Crippen molar-refractivity contribution in [1.29, 1.82) is 0 Å². The van der Waals surface area contributed by atoms with Crippen molar-refractivity contribution in [2.75, 3.05) is 12.3 Å². The molecule has 0 unspecified atom stereocenters. The summed E-state index contributed by atoms with van der Waals surface area (Å²) in [7, 11) is -3.55. The van der Waals surface area contributed by atoms with Gasteiger partial charge in [-0.1, -0.05) is 18.2 Å². The van der Waals surface area contributed by atoms with Gasteiger partial charge in [-0.25, -0.2) is 12.8 Å². The number of quaternary nitrogens is 1. The first-order valence-corrected chi connectivity index (χ1v) is 6.13. The largest absolute Gasteiger partial charge is 0.354 e. The van der Waals surface area contributed by atoms with Gasteiger partial charge < -0.3 is 5.73 Å². The van der Waals surface area contributed by atoms with E-state index in [0.29, 0.717) is 0 Å². The molecule has 3 N–H and O–H groups in total. The monoisotopic (exact) mass is 230 g/mol. The molecule has 0 saturated heterocycles. The van der Waals surface area contributed by atoms with E-state index in [9.17, 15) is 12.8 Å². The molecule has 0 aliphatic heterocycles. The van der Waals surface area contributed by atoms with E-state index in [1.54, 1.807) is 18.2 Å². The molecule has 0 fully saturated rings. The molecule has 0 saturated carbocycles. The minimum atomic E-state index is -3.55. The third-order valence-electron chi connectivity index (χ3n) is 1.80. The van der Waals surface area contributed by atoms with Crippen LogP contribution in [0.3, 0.4) is 0 Å². The van der Waals surface area contributed by atoms with Gasteiger partial charge >= 0.3 is 0 Å². The van der Waals surface area contributed by atoms with Crippen molar-refractivity contribution in [2.24, 2.45) is 0 Å². The van der Waals surface area contributed by atoms with Gasteiger partial charge in [0.05, 0.1) is 11.4 Å². The number of hydrogen-bond donors (Lipinski definition) is 1. The van der Waals surface area contributed by atoms with Crippen molar-refractivity contribution in [1.82, 2.24) is 0 Å². The Morgan fingerprint density at radius 2 is 1.93 bits per heavy atom. The van der Waals surface area contributed by atoms with E-state index >= 15 is 0 Å². The Bertz CT molecular complexity index is 440. The molecular weight excluding hydrogens is 217 g/mol. The SMILES string of the molecule is [NH3+]C/C=C(\F)CS(=O)(=O)c1ccccc1. The zero-order chi connectivity index (χ0) is 11.3. The summed E-state index contributed by atoms with van der Waals surface area (Å²) in [6.07, 6.45) is 1.17. The highest BCUT2D eigenvalue weighted by molar-refractivity contribution is 7.91. The number of benzene rings is 1. The van der Waals surface area contributed by atoms with Gasteiger partial charge in [0.25, 0.3) is 0 Å². The van der Waals surface area contributed by atoms with Gasteiger partial charge in [0.1, 0.15) is 11.6 Å². The van der Waals surface area contributed by atoms with E-state index < -0.39 is 21.4 Å². The quantitative estimate of drug-likeness (QED) is 0.821. The Labute approximate surface area is 88.3 Å². The van der Waals surface area contributed by atoms with E-state index in [4.69, 9.17) is 0 Å². The fourth-order valence-electron chi connectivity index (χ4n) is 1.11. The maximum absolute atomic E-state index is 13.0. The lowest BCUT2D eigenvalue weighted by Gasteiger charge is -2.01. The fraction of sp³-hybridized carbons (Fsp3) is 0.200. The average molecular weight is 230 g/mol. The molecule has 0 atom stereocenters. The molecule has 0 heterocycles. The zero-order valence-corrected chi connectivity index (χ0v) is 9.00. The van der Waals surface area contributed by atoms with Crippen LogP contribution in [0.5, 0.6) is 0 Å². The third kappa shape index (κ3) is 3.45. The first kappa shape index (κ1) is 11.9. The molecule has 1 aromatic carbocycles. The molecule has 1 rings (SSSR count). The van der Waals surface area contributed by atoms with Gasteiger partial charge in [0.15, 0.2) is 9.84 Å². The van der Waals surface area contributed by atoms with Crippen LogP contribution >= 0.6 is 0 Å². The van der Waals surface area contributed by atoms with Crippen LogP contribution in [0.25, 0.3) is 0 Å². The normalized spacial score (nSPS) is 12.8. The molecule has 0 aliphatic carbocycles. The molecule has 0 spiro atoms. The first-order valence-electron chi connectivity index (χ1n) is 4.48. The van der Waals surface area contributed by atoms with Gasteiger partial charge in [-0.15, -0.1) is 0 Å². The summed E-state index contributed by atoms with van der Waals surface area (Å²) in [6.45, 7) is 0.246. The van der Waals surface area contributed by atoms with Crippen LogP contribution in [0.4, 0.5) is 4.39 Å². The van der Waals surface area contributed by atoms with Crippen LogP contribution in [0.15, 0.2) is 47.1 Å². The molecule has 0 aromatic heterocycles. The van der Waals surface area contributed by atoms with Gasteiger partial charge in [0, 0.05) is 6.08 Å². The van der Waals surface area contributed by atoms with E-state index in [1.165, 1.54) is 18.2 Å². The Balaban J connectivity index is 2.91. The molecule has 0 radical (unpaired) electrons. The van der Waals surface area contributed by atoms with Gasteiger partial charge in [-0.05, 0) is 12.1 Å². The number of hydrogen-bond acceptors (Lipinski definition) is 2. The lowest BCUT2D eigenvalue weighted by molar-refractivity contribution is -0.353. The second-order valence-corrected chi connectivity index (χ2v) is 5.00. The maximum Gasteiger partial charge on any atom is 0.184 e. The summed E-state index contributed by atoms with van der Waals surface area (Å²) in [6, 6.07) is 7.83. The summed E-state index contributed by atoms with van der Waals surface area (Å²) in [5, 5.41) is 0. The van der Waals surface area contributed by atoms with E-state index in [0.717, 1.165) is 0 Å². The summed E-state index contributed by atoms with van der Waals surface area (Å²) >= 11 is 0. The van der Waals surface area contributed by atoms with Crippen LogP contribution < -0.4 is 5.73 Å². The Hall–Kier alpha value is -1.20. The van der Waals surface area contributed by atoms with Gasteiger partial charge in [0.2, 0.25) is 0 Å². The Kier molecular flexibility index (Phi) is 3.99. The number of sulfone groups is 1. The predicted molar refractivity (Wildman–Crippen MR) is 55.4 cm³/mol. The topological polar surface area (TPSA) is 61.8 Å². The van der Waals surface area contributed by atoms with Gasteiger partial charge in [-0.3, -0.25) is 0 Å². The van der Waals surface area contributed by atoms with Crippen molar-refractivity contribution in [3.8, 4) is 0 Å². The zero-order valence-electron chi connectivity index (χ0n) is 8.19. The molecular formula is C10H13FNO2S+. The lowest BCUT2D eigenvalue weighted by Crippen LogP contribution is -2.49. The maximum atomic E-state index is 13.0. The van der Waals surface area contributed by atoms with E-state index in [2.05, 4.69) is 5.73 Å². The standard InChI is InChI=1S/C10H12FNO2S/c11-9(6-7-12)8-15(13,14)10-4-2-1-3-5-10/h1-6H,7-8,12H2/p+1/b9-6-. The highest BCUT2D eigenvalue weighted by Crippen LogP contribution is 2.13. The summed E-state index contributed by atoms with van der Waals surface area (Å²) in [5.41, 5.74) is 3.42. The van der Waals surface area contributed by atoms with Crippen LogP contribution in [-0.4, -0.2) is 20.7 Å². The van der Waals surface area contributed by atoms with Crippen molar-refractivity contribution < 1.29 is 18.5 Å². The second-order valence-electron chi connectivity index (χ2n) is 3.01.